The largest absolute Gasteiger partial charge is 0.372 e. The normalized spacial score (nSPS) is 12.2. The van der Waals surface area contributed by atoms with Gasteiger partial charge < -0.3 is 4.90 Å². The molecule has 0 bridgehead atoms. The number of aryl methyl sites for hydroxylation is 2. The summed E-state index contributed by atoms with van der Waals surface area (Å²) in [6, 6.07) is 8.95. The Morgan fingerprint density at radius 1 is 1.21 bits per heavy atom. The monoisotopic (exact) mass is 394 g/mol. The van der Waals surface area contributed by atoms with Crippen LogP contribution in [-0.2, 0) is 0 Å². The molecule has 2 heterocycles. The van der Waals surface area contributed by atoms with Crippen LogP contribution in [0.1, 0.15) is 16.7 Å². The number of fused-ring (bicyclic) bond motifs is 3. The third-order valence-electron chi connectivity index (χ3n) is 4.66. The van der Waals surface area contributed by atoms with Crippen LogP contribution < -0.4 is 15.0 Å². The van der Waals surface area contributed by atoms with Gasteiger partial charge in [-0.2, -0.15) is 0 Å². The number of rotatable bonds is 3. The van der Waals surface area contributed by atoms with E-state index in [4.69, 9.17) is 0 Å². The fourth-order valence-corrected chi connectivity index (χ4v) is 4.40. The molecule has 0 spiro atoms. The Balaban J connectivity index is 1.94. The number of anilines is 1. The number of aromatic nitrogens is 2. The molecular formula is C20H18N4O3S. The van der Waals surface area contributed by atoms with Crippen LogP contribution in [0, 0.1) is 24.0 Å². The molecule has 2 aromatic carbocycles. The lowest BCUT2D eigenvalue weighted by Crippen LogP contribution is -2.22. The second-order valence-corrected chi connectivity index (χ2v) is 8.00. The summed E-state index contributed by atoms with van der Waals surface area (Å²) in [5, 5.41) is 11.4. The molecule has 0 saturated heterocycles. The van der Waals surface area contributed by atoms with Crippen LogP contribution in [0.25, 0.3) is 22.1 Å². The van der Waals surface area contributed by atoms with E-state index in [9.17, 15) is 14.9 Å². The Bertz CT molecular complexity index is 1370. The number of imidazole rings is 1. The van der Waals surface area contributed by atoms with E-state index >= 15 is 0 Å². The van der Waals surface area contributed by atoms with Crippen molar-refractivity contribution in [1.29, 1.82) is 0 Å². The van der Waals surface area contributed by atoms with Gasteiger partial charge in [-0.1, -0.05) is 23.5 Å². The third kappa shape index (κ3) is 2.82. The molecule has 0 amide bonds. The van der Waals surface area contributed by atoms with Gasteiger partial charge in [-0.15, -0.1) is 0 Å². The zero-order valence-electron chi connectivity index (χ0n) is 15.9. The molecule has 0 aliphatic heterocycles. The molecule has 7 nitrogen and oxygen atoms in total. The van der Waals surface area contributed by atoms with Crippen molar-refractivity contribution < 1.29 is 4.92 Å². The Kier molecular flexibility index (Phi) is 4.15. The van der Waals surface area contributed by atoms with Gasteiger partial charge in [0.05, 0.1) is 20.5 Å². The van der Waals surface area contributed by atoms with E-state index in [0.29, 0.717) is 20.7 Å². The fourth-order valence-electron chi connectivity index (χ4n) is 3.42. The van der Waals surface area contributed by atoms with E-state index in [0.717, 1.165) is 22.2 Å². The first-order valence-corrected chi connectivity index (χ1v) is 9.47. The number of hydrogen-bond acceptors (Lipinski definition) is 6. The summed E-state index contributed by atoms with van der Waals surface area (Å²) < 4.78 is 2.12. The summed E-state index contributed by atoms with van der Waals surface area (Å²) in [5.74, 6) is 0. The first kappa shape index (κ1) is 18.1. The molecule has 0 atom stereocenters. The summed E-state index contributed by atoms with van der Waals surface area (Å²) in [6.45, 7) is 3.97. The van der Waals surface area contributed by atoms with Crippen molar-refractivity contribution in [2.75, 3.05) is 19.0 Å². The number of nitro benzene ring substituents is 1. The second-order valence-electron chi connectivity index (χ2n) is 6.99. The highest BCUT2D eigenvalue weighted by atomic mass is 32.1. The lowest BCUT2D eigenvalue weighted by atomic mass is 10.1. The number of benzene rings is 2. The zero-order valence-corrected chi connectivity index (χ0v) is 16.7. The second kappa shape index (κ2) is 6.42. The molecule has 2 aromatic heterocycles. The number of thiazole rings is 1. The third-order valence-corrected chi connectivity index (χ3v) is 5.62. The average molecular weight is 394 g/mol. The highest BCUT2D eigenvalue weighted by Gasteiger charge is 2.17. The molecule has 8 heteroatoms. The maximum atomic E-state index is 13.0. The van der Waals surface area contributed by atoms with Crippen molar-refractivity contribution in [2.45, 2.75) is 13.8 Å². The maximum Gasteiger partial charge on any atom is 0.293 e. The number of hydrogen-bond donors (Lipinski definition) is 0. The van der Waals surface area contributed by atoms with Gasteiger partial charge in [0.15, 0.2) is 4.96 Å². The molecule has 4 aromatic rings. The molecule has 0 aliphatic carbocycles. The Labute approximate surface area is 164 Å². The standard InChI is InChI=1S/C20H18N4O3S/c1-11-7-12(2)18-16(8-11)23-19(25)17(28-20(23)21-18)10-13-5-6-14(22(3)4)15(9-13)24(26)27/h5-10H,1-4H3. The van der Waals surface area contributed by atoms with Gasteiger partial charge in [0.2, 0.25) is 0 Å². The van der Waals surface area contributed by atoms with Gasteiger partial charge in [-0.3, -0.25) is 14.9 Å². The maximum absolute atomic E-state index is 13.0. The zero-order chi connectivity index (χ0) is 20.2. The molecule has 28 heavy (non-hydrogen) atoms. The van der Waals surface area contributed by atoms with Gasteiger partial charge >= 0.3 is 0 Å². The highest BCUT2D eigenvalue weighted by molar-refractivity contribution is 7.15. The lowest BCUT2D eigenvalue weighted by molar-refractivity contribution is -0.384. The summed E-state index contributed by atoms with van der Waals surface area (Å²) in [4.78, 5) is 30.9. The van der Waals surface area contributed by atoms with Crippen molar-refractivity contribution in [3.8, 4) is 0 Å². The molecule has 0 saturated carbocycles. The van der Waals surface area contributed by atoms with Crippen molar-refractivity contribution in [3.05, 3.63) is 72.0 Å². The van der Waals surface area contributed by atoms with E-state index in [2.05, 4.69) is 4.98 Å². The van der Waals surface area contributed by atoms with Crippen LogP contribution in [0.5, 0.6) is 0 Å². The van der Waals surface area contributed by atoms with Crippen LogP contribution in [0.15, 0.2) is 35.1 Å². The minimum atomic E-state index is -0.412. The lowest BCUT2D eigenvalue weighted by Gasteiger charge is -2.12. The molecule has 0 radical (unpaired) electrons. The van der Waals surface area contributed by atoms with E-state index in [-0.39, 0.29) is 11.2 Å². The van der Waals surface area contributed by atoms with E-state index in [1.54, 1.807) is 41.6 Å². The van der Waals surface area contributed by atoms with Gasteiger partial charge in [0.1, 0.15) is 5.69 Å². The Morgan fingerprint density at radius 2 is 1.96 bits per heavy atom. The van der Waals surface area contributed by atoms with Crippen molar-refractivity contribution in [2.24, 2.45) is 0 Å². The highest BCUT2D eigenvalue weighted by Crippen LogP contribution is 2.28. The van der Waals surface area contributed by atoms with Crippen LogP contribution in [0.4, 0.5) is 11.4 Å². The predicted molar refractivity (Wildman–Crippen MR) is 113 cm³/mol. The van der Waals surface area contributed by atoms with Crippen LogP contribution in [0.2, 0.25) is 0 Å². The summed E-state index contributed by atoms with van der Waals surface area (Å²) >= 11 is 1.29. The average Bonchev–Trinajstić information content (AvgIpc) is 3.12. The van der Waals surface area contributed by atoms with Crippen LogP contribution in [0.3, 0.4) is 0 Å². The van der Waals surface area contributed by atoms with E-state index in [1.807, 2.05) is 26.0 Å². The first-order chi connectivity index (χ1) is 13.3. The quantitative estimate of drug-likeness (QED) is 0.394. The van der Waals surface area contributed by atoms with Gasteiger partial charge in [-0.05, 0) is 48.7 Å². The summed E-state index contributed by atoms with van der Waals surface area (Å²) in [6.07, 6.45) is 1.68. The van der Waals surface area contributed by atoms with Gasteiger partial charge in [-0.25, -0.2) is 9.38 Å². The topological polar surface area (TPSA) is 80.8 Å². The molecule has 0 N–H and O–H groups in total. The molecule has 4 rings (SSSR count). The molecule has 142 valence electrons. The molecule has 0 fully saturated rings. The van der Waals surface area contributed by atoms with E-state index in [1.165, 1.54) is 17.4 Å². The minimum Gasteiger partial charge on any atom is -0.372 e. The smallest absolute Gasteiger partial charge is 0.293 e. The first-order valence-electron chi connectivity index (χ1n) is 8.66. The predicted octanol–water partition coefficient (Wildman–Crippen LogP) is 3.05. The molecular weight excluding hydrogens is 376 g/mol. The summed E-state index contributed by atoms with van der Waals surface area (Å²) in [5.41, 5.74) is 4.69. The van der Waals surface area contributed by atoms with Crippen LogP contribution in [-0.4, -0.2) is 28.4 Å². The SMILES string of the molecule is Cc1cc(C)c2nc3sc(=Cc4ccc(N(C)C)c([N+](=O)[O-])c4)c(=O)n3c2c1. The van der Waals surface area contributed by atoms with Crippen molar-refractivity contribution in [3.63, 3.8) is 0 Å². The van der Waals surface area contributed by atoms with Crippen molar-refractivity contribution in [1.82, 2.24) is 9.38 Å². The summed E-state index contributed by atoms with van der Waals surface area (Å²) in [7, 11) is 3.51. The van der Waals surface area contributed by atoms with Crippen molar-refractivity contribution >= 4 is 44.8 Å². The van der Waals surface area contributed by atoms with Crippen LogP contribution >= 0.6 is 11.3 Å². The number of nitrogens with zero attached hydrogens (tertiary/aromatic N) is 4. The minimum absolute atomic E-state index is 0.00392. The van der Waals surface area contributed by atoms with Gasteiger partial charge in [0.25, 0.3) is 11.2 Å². The Morgan fingerprint density at radius 3 is 2.64 bits per heavy atom. The molecule has 0 unspecified atom stereocenters. The van der Waals surface area contributed by atoms with E-state index < -0.39 is 4.92 Å². The van der Waals surface area contributed by atoms with Gasteiger partial charge in [0, 0.05) is 20.2 Å². The fraction of sp³-hybridized carbons (Fsp3) is 0.200. The Hall–Kier alpha value is -3.26. The molecule has 0 aliphatic rings. The number of nitro groups is 1.